The molecule has 0 bridgehead atoms. The van der Waals surface area contributed by atoms with E-state index in [0.717, 1.165) is 5.56 Å². The fraction of sp³-hybridized carbons (Fsp3) is 0.250. The Morgan fingerprint density at radius 1 is 1.67 bits per heavy atom. The van der Waals surface area contributed by atoms with E-state index in [9.17, 15) is 4.79 Å². The standard InChI is InChI=1S/C8H10N2OS/c11-8(6-12)10-5-7-2-1-3-9-4-7/h1-4,12H,5-6H2,(H,10,11). The van der Waals surface area contributed by atoms with Crippen LogP contribution in [0.2, 0.25) is 0 Å². The van der Waals surface area contributed by atoms with Crippen LogP contribution in [0.25, 0.3) is 0 Å². The SMILES string of the molecule is O=C(CS)NCc1cccnc1. The Kier molecular flexibility index (Phi) is 3.60. The fourth-order valence-corrected chi connectivity index (χ4v) is 0.871. The third-order valence-corrected chi connectivity index (χ3v) is 1.64. The van der Waals surface area contributed by atoms with Gasteiger partial charge in [0.2, 0.25) is 5.91 Å². The minimum atomic E-state index is -0.0674. The van der Waals surface area contributed by atoms with E-state index < -0.39 is 0 Å². The highest BCUT2D eigenvalue weighted by Crippen LogP contribution is 1.93. The van der Waals surface area contributed by atoms with E-state index in [4.69, 9.17) is 0 Å². The molecule has 0 aliphatic rings. The van der Waals surface area contributed by atoms with E-state index in [-0.39, 0.29) is 11.7 Å². The number of carbonyl (C=O) groups excluding carboxylic acids is 1. The molecule has 0 aliphatic carbocycles. The number of rotatable bonds is 3. The van der Waals surface area contributed by atoms with Crippen molar-refractivity contribution in [2.75, 3.05) is 5.75 Å². The van der Waals surface area contributed by atoms with Crippen LogP contribution in [0.4, 0.5) is 0 Å². The molecular weight excluding hydrogens is 172 g/mol. The summed E-state index contributed by atoms with van der Waals surface area (Å²) in [4.78, 5) is 14.7. The number of amides is 1. The Morgan fingerprint density at radius 3 is 3.08 bits per heavy atom. The Hall–Kier alpha value is -1.03. The molecule has 1 N–H and O–H groups in total. The van der Waals surface area contributed by atoms with Crippen molar-refractivity contribution in [2.24, 2.45) is 0 Å². The topological polar surface area (TPSA) is 42.0 Å². The molecule has 0 fully saturated rings. The van der Waals surface area contributed by atoms with Crippen molar-refractivity contribution in [1.29, 1.82) is 0 Å². The van der Waals surface area contributed by atoms with Gasteiger partial charge in [0, 0.05) is 18.9 Å². The minimum absolute atomic E-state index is 0.0674. The Bertz CT molecular complexity index is 250. The average Bonchev–Trinajstić information content (AvgIpc) is 2.16. The second kappa shape index (κ2) is 4.77. The van der Waals surface area contributed by atoms with Crippen LogP contribution in [-0.2, 0) is 11.3 Å². The Labute approximate surface area is 76.6 Å². The van der Waals surface area contributed by atoms with Crippen molar-refractivity contribution < 1.29 is 4.79 Å². The number of hydrogen-bond acceptors (Lipinski definition) is 3. The van der Waals surface area contributed by atoms with E-state index in [0.29, 0.717) is 6.54 Å². The molecule has 12 heavy (non-hydrogen) atoms. The Morgan fingerprint density at radius 2 is 2.50 bits per heavy atom. The maximum atomic E-state index is 10.8. The highest BCUT2D eigenvalue weighted by Gasteiger charge is 1.96. The van der Waals surface area contributed by atoms with Crippen LogP contribution < -0.4 is 5.32 Å². The molecule has 1 aromatic heterocycles. The van der Waals surface area contributed by atoms with Crippen LogP contribution in [0.1, 0.15) is 5.56 Å². The van der Waals surface area contributed by atoms with Crippen molar-refractivity contribution in [1.82, 2.24) is 10.3 Å². The quantitative estimate of drug-likeness (QED) is 0.673. The highest BCUT2D eigenvalue weighted by molar-refractivity contribution is 7.81. The van der Waals surface area contributed by atoms with E-state index in [1.165, 1.54) is 0 Å². The van der Waals surface area contributed by atoms with Gasteiger partial charge in [-0.15, -0.1) is 0 Å². The number of pyridine rings is 1. The van der Waals surface area contributed by atoms with Gasteiger partial charge in [0.1, 0.15) is 0 Å². The van der Waals surface area contributed by atoms with Gasteiger partial charge in [-0.1, -0.05) is 6.07 Å². The number of aromatic nitrogens is 1. The zero-order chi connectivity index (χ0) is 8.81. The van der Waals surface area contributed by atoms with Gasteiger partial charge in [-0.3, -0.25) is 9.78 Å². The summed E-state index contributed by atoms with van der Waals surface area (Å²) in [7, 11) is 0. The highest BCUT2D eigenvalue weighted by atomic mass is 32.1. The summed E-state index contributed by atoms with van der Waals surface area (Å²) < 4.78 is 0. The number of nitrogens with zero attached hydrogens (tertiary/aromatic N) is 1. The van der Waals surface area contributed by atoms with Crippen LogP contribution in [0, 0.1) is 0 Å². The molecule has 64 valence electrons. The van der Waals surface area contributed by atoms with Crippen LogP contribution >= 0.6 is 12.6 Å². The first-order chi connectivity index (χ1) is 5.83. The zero-order valence-electron chi connectivity index (χ0n) is 6.53. The molecule has 3 nitrogen and oxygen atoms in total. The van der Waals surface area contributed by atoms with Crippen molar-refractivity contribution in [2.45, 2.75) is 6.54 Å². The summed E-state index contributed by atoms with van der Waals surface area (Å²) in [6.07, 6.45) is 3.42. The molecule has 0 atom stereocenters. The largest absolute Gasteiger partial charge is 0.351 e. The lowest BCUT2D eigenvalue weighted by Gasteiger charge is -2.01. The summed E-state index contributed by atoms with van der Waals surface area (Å²) in [6.45, 7) is 0.521. The molecule has 0 spiro atoms. The van der Waals surface area contributed by atoms with Crippen LogP contribution in [0.15, 0.2) is 24.5 Å². The summed E-state index contributed by atoms with van der Waals surface area (Å²) in [6, 6.07) is 3.74. The number of thiol groups is 1. The molecule has 1 heterocycles. The van der Waals surface area contributed by atoms with Gasteiger partial charge < -0.3 is 5.32 Å². The summed E-state index contributed by atoms with van der Waals surface area (Å²) in [5.41, 5.74) is 0.993. The van der Waals surface area contributed by atoms with Crippen LogP contribution in [0.5, 0.6) is 0 Å². The van der Waals surface area contributed by atoms with E-state index >= 15 is 0 Å². The first-order valence-electron chi connectivity index (χ1n) is 3.59. The molecule has 0 aliphatic heterocycles. The maximum absolute atomic E-state index is 10.8. The molecule has 4 heteroatoms. The molecular formula is C8H10N2OS. The number of hydrogen-bond donors (Lipinski definition) is 2. The lowest BCUT2D eigenvalue weighted by Crippen LogP contribution is -2.23. The third-order valence-electron chi connectivity index (χ3n) is 1.36. The second-order valence-corrected chi connectivity index (χ2v) is 2.61. The van der Waals surface area contributed by atoms with Crippen LogP contribution in [0.3, 0.4) is 0 Å². The molecule has 0 radical (unpaired) electrons. The summed E-state index contributed by atoms with van der Waals surface area (Å²) >= 11 is 3.83. The first kappa shape index (κ1) is 9.06. The third kappa shape index (κ3) is 2.92. The normalized spacial score (nSPS) is 9.42. The lowest BCUT2D eigenvalue weighted by molar-refractivity contribution is -0.118. The maximum Gasteiger partial charge on any atom is 0.229 e. The molecule has 1 amide bonds. The van der Waals surface area contributed by atoms with Gasteiger partial charge in [-0.2, -0.15) is 12.6 Å². The lowest BCUT2D eigenvalue weighted by atomic mass is 10.3. The van der Waals surface area contributed by atoms with Crippen molar-refractivity contribution in [3.05, 3.63) is 30.1 Å². The van der Waals surface area contributed by atoms with E-state index in [2.05, 4.69) is 22.9 Å². The summed E-state index contributed by atoms with van der Waals surface area (Å²) in [5.74, 6) is 0.155. The second-order valence-electron chi connectivity index (χ2n) is 2.30. The van der Waals surface area contributed by atoms with Crippen LogP contribution in [-0.4, -0.2) is 16.6 Å². The van der Waals surface area contributed by atoms with Gasteiger partial charge in [-0.05, 0) is 11.6 Å². The molecule has 0 saturated carbocycles. The fourth-order valence-electron chi connectivity index (χ4n) is 0.759. The zero-order valence-corrected chi connectivity index (χ0v) is 7.42. The predicted molar refractivity (Wildman–Crippen MR) is 49.9 cm³/mol. The van der Waals surface area contributed by atoms with E-state index in [1.54, 1.807) is 12.4 Å². The smallest absolute Gasteiger partial charge is 0.229 e. The Balaban J connectivity index is 2.38. The summed E-state index contributed by atoms with van der Waals surface area (Å²) in [5, 5.41) is 2.69. The average molecular weight is 182 g/mol. The van der Waals surface area contributed by atoms with E-state index in [1.807, 2.05) is 12.1 Å². The molecule has 0 aromatic carbocycles. The van der Waals surface area contributed by atoms with Gasteiger partial charge in [0.15, 0.2) is 0 Å². The molecule has 1 rings (SSSR count). The monoisotopic (exact) mass is 182 g/mol. The van der Waals surface area contributed by atoms with Gasteiger partial charge >= 0.3 is 0 Å². The van der Waals surface area contributed by atoms with Crippen molar-refractivity contribution >= 4 is 18.5 Å². The predicted octanol–water partition coefficient (Wildman–Crippen LogP) is 0.628. The van der Waals surface area contributed by atoms with Gasteiger partial charge in [-0.25, -0.2) is 0 Å². The van der Waals surface area contributed by atoms with Gasteiger partial charge in [0.25, 0.3) is 0 Å². The number of nitrogens with one attached hydrogen (secondary N) is 1. The number of carbonyl (C=O) groups is 1. The van der Waals surface area contributed by atoms with Crippen molar-refractivity contribution in [3.63, 3.8) is 0 Å². The molecule has 0 unspecified atom stereocenters. The molecule has 0 saturated heterocycles. The first-order valence-corrected chi connectivity index (χ1v) is 4.22. The molecule has 1 aromatic rings. The van der Waals surface area contributed by atoms with Crippen molar-refractivity contribution in [3.8, 4) is 0 Å². The van der Waals surface area contributed by atoms with Gasteiger partial charge in [0.05, 0.1) is 5.75 Å². The minimum Gasteiger partial charge on any atom is -0.351 e.